The van der Waals surface area contributed by atoms with Gasteiger partial charge in [-0.25, -0.2) is 0 Å². The summed E-state index contributed by atoms with van der Waals surface area (Å²) in [5.74, 6) is 0.457. The highest BCUT2D eigenvalue weighted by molar-refractivity contribution is 5.25. The van der Waals surface area contributed by atoms with Crippen LogP contribution in [-0.2, 0) is 5.41 Å². The van der Waals surface area contributed by atoms with Gasteiger partial charge in [-0.3, -0.25) is 0 Å². The van der Waals surface area contributed by atoms with Crippen LogP contribution >= 0.6 is 0 Å². The van der Waals surface area contributed by atoms with Crippen LogP contribution in [0.5, 0.6) is 0 Å². The molecule has 20 heavy (non-hydrogen) atoms. The van der Waals surface area contributed by atoms with Crippen LogP contribution in [0.15, 0.2) is 30.3 Å². The molecule has 0 radical (unpaired) electrons. The first-order valence-corrected chi connectivity index (χ1v) is 7.71. The molecule has 2 N–H and O–H groups in total. The number of aliphatic hydroxyl groups excluding tert-OH is 1. The Hall–Kier alpha value is -0.900. The number of rotatable bonds is 6. The first-order valence-electron chi connectivity index (χ1n) is 7.71. The topological polar surface area (TPSA) is 35.5 Å². The van der Waals surface area contributed by atoms with Gasteiger partial charge in [0, 0.05) is 31.7 Å². The van der Waals surface area contributed by atoms with Gasteiger partial charge in [0.15, 0.2) is 0 Å². The van der Waals surface area contributed by atoms with Gasteiger partial charge in [0.1, 0.15) is 0 Å². The van der Waals surface area contributed by atoms with Gasteiger partial charge in [0.25, 0.3) is 0 Å². The molecule has 0 bridgehead atoms. The van der Waals surface area contributed by atoms with Gasteiger partial charge < -0.3 is 15.3 Å². The molecule has 1 aliphatic rings. The Kier molecular flexibility index (Phi) is 5.58. The number of nitrogens with zero attached hydrogens (tertiary/aromatic N) is 1. The highest BCUT2D eigenvalue weighted by Crippen LogP contribution is 2.26. The Labute approximate surface area is 123 Å². The van der Waals surface area contributed by atoms with Gasteiger partial charge in [0.05, 0.1) is 0 Å². The molecule has 0 saturated carbocycles. The van der Waals surface area contributed by atoms with Crippen molar-refractivity contribution in [3.8, 4) is 0 Å². The van der Waals surface area contributed by atoms with Crippen LogP contribution < -0.4 is 5.32 Å². The zero-order chi connectivity index (χ0) is 14.4. The quantitative estimate of drug-likeness (QED) is 0.832. The Bertz CT molecular complexity index is 395. The molecule has 0 aromatic heterocycles. The van der Waals surface area contributed by atoms with Crippen molar-refractivity contribution in [2.24, 2.45) is 5.92 Å². The molecule has 1 aromatic carbocycles. The van der Waals surface area contributed by atoms with Crippen molar-refractivity contribution in [2.75, 3.05) is 39.8 Å². The lowest BCUT2D eigenvalue weighted by Gasteiger charge is -2.39. The minimum Gasteiger partial charge on any atom is -0.396 e. The molecule has 0 amide bonds. The van der Waals surface area contributed by atoms with Gasteiger partial charge in [-0.05, 0) is 37.9 Å². The normalized spacial score (nSPS) is 23.4. The highest BCUT2D eigenvalue weighted by atomic mass is 16.3. The maximum Gasteiger partial charge on any atom is 0.0471 e. The van der Waals surface area contributed by atoms with E-state index in [1.165, 1.54) is 18.4 Å². The zero-order valence-corrected chi connectivity index (χ0v) is 12.8. The number of nitrogens with one attached hydrogen (secondary N) is 1. The first kappa shape index (κ1) is 15.5. The Morgan fingerprint density at radius 2 is 2.10 bits per heavy atom. The molecule has 112 valence electrons. The summed E-state index contributed by atoms with van der Waals surface area (Å²) in [5.41, 5.74) is 1.51. The fourth-order valence-electron chi connectivity index (χ4n) is 3.42. The molecule has 1 aliphatic heterocycles. The smallest absolute Gasteiger partial charge is 0.0471 e. The molecule has 3 nitrogen and oxygen atoms in total. The molecular weight excluding hydrogens is 248 g/mol. The third-order valence-corrected chi connectivity index (χ3v) is 4.47. The number of likely N-dealkylation sites (N-methyl/N-ethyl adjacent to an activating group) is 1. The predicted molar refractivity (Wildman–Crippen MR) is 84.0 cm³/mol. The molecule has 1 aromatic rings. The molecule has 2 rings (SSSR count). The summed E-state index contributed by atoms with van der Waals surface area (Å²) in [4.78, 5) is 2.52. The average molecular weight is 276 g/mol. The van der Waals surface area contributed by atoms with E-state index < -0.39 is 0 Å². The van der Waals surface area contributed by atoms with Gasteiger partial charge in [-0.1, -0.05) is 37.3 Å². The van der Waals surface area contributed by atoms with Crippen molar-refractivity contribution in [3.63, 3.8) is 0 Å². The van der Waals surface area contributed by atoms with Gasteiger partial charge in [0.2, 0.25) is 0 Å². The molecule has 3 heteroatoms. The van der Waals surface area contributed by atoms with Gasteiger partial charge in [-0.2, -0.15) is 0 Å². The monoisotopic (exact) mass is 276 g/mol. The van der Waals surface area contributed by atoms with E-state index in [1.54, 1.807) is 0 Å². The third kappa shape index (κ3) is 3.81. The van der Waals surface area contributed by atoms with E-state index in [0.717, 1.165) is 26.2 Å². The maximum atomic E-state index is 9.39. The van der Waals surface area contributed by atoms with E-state index in [1.807, 2.05) is 7.05 Å². The van der Waals surface area contributed by atoms with Crippen molar-refractivity contribution in [1.29, 1.82) is 0 Å². The fraction of sp³-hybridized carbons (Fsp3) is 0.647. The lowest BCUT2D eigenvalue weighted by molar-refractivity contribution is 0.103. The van der Waals surface area contributed by atoms with Crippen molar-refractivity contribution >= 4 is 0 Å². The van der Waals surface area contributed by atoms with Crippen LogP contribution in [0.3, 0.4) is 0 Å². The van der Waals surface area contributed by atoms with E-state index >= 15 is 0 Å². The second-order valence-electron chi connectivity index (χ2n) is 6.38. The fourth-order valence-corrected chi connectivity index (χ4v) is 3.42. The van der Waals surface area contributed by atoms with E-state index in [2.05, 4.69) is 47.5 Å². The van der Waals surface area contributed by atoms with Gasteiger partial charge >= 0.3 is 0 Å². The summed E-state index contributed by atoms with van der Waals surface area (Å²) in [7, 11) is 2.02. The summed E-state index contributed by atoms with van der Waals surface area (Å²) in [5, 5.41) is 12.7. The number of hydrogen-bond acceptors (Lipinski definition) is 3. The lowest BCUT2D eigenvalue weighted by atomic mass is 9.81. The third-order valence-electron chi connectivity index (χ3n) is 4.47. The van der Waals surface area contributed by atoms with E-state index in [-0.39, 0.29) is 5.41 Å². The number of hydrogen-bond donors (Lipinski definition) is 2. The maximum absolute atomic E-state index is 9.39. The zero-order valence-electron chi connectivity index (χ0n) is 12.8. The molecule has 0 spiro atoms. The van der Waals surface area contributed by atoms with Crippen LogP contribution in [0.4, 0.5) is 0 Å². The first-order chi connectivity index (χ1) is 9.68. The minimum atomic E-state index is 0.118. The number of piperidine rings is 1. The van der Waals surface area contributed by atoms with Crippen molar-refractivity contribution in [2.45, 2.75) is 25.2 Å². The summed E-state index contributed by atoms with van der Waals surface area (Å²) in [6, 6.07) is 10.8. The Balaban J connectivity index is 2.09. The number of aliphatic hydroxyl groups is 1. The summed E-state index contributed by atoms with van der Waals surface area (Å²) in [6.45, 7) is 6.86. The van der Waals surface area contributed by atoms with E-state index in [4.69, 9.17) is 0 Å². The van der Waals surface area contributed by atoms with Crippen molar-refractivity contribution in [3.05, 3.63) is 35.9 Å². The number of benzene rings is 1. The van der Waals surface area contributed by atoms with Gasteiger partial charge in [-0.15, -0.1) is 0 Å². The van der Waals surface area contributed by atoms with E-state index in [9.17, 15) is 5.11 Å². The van der Waals surface area contributed by atoms with E-state index in [0.29, 0.717) is 12.5 Å². The molecular formula is C17H28N2O. The summed E-state index contributed by atoms with van der Waals surface area (Å²) < 4.78 is 0. The van der Waals surface area contributed by atoms with Crippen molar-refractivity contribution < 1.29 is 5.11 Å². The largest absolute Gasteiger partial charge is 0.396 e. The molecule has 0 aliphatic carbocycles. The van der Waals surface area contributed by atoms with Crippen LogP contribution in [0.25, 0.3) is 0 Å². The predicted octanol–water partition coefficient (Wildman–Crippen LogP) is 1.87. The molecule has 1 heterocycles. The Morgan fingerprint density at radius 1 is 1.35 bits per heavy atom. The van der Waals surface area contributed by atoms with Crippen molar-refractivity contribution in [1.82, 2.24) is 10.2 Å². The summed E-state index contributed by atoms with van der Waals surface area (Å²) >= 11 is 0. The summed E-state index contributed by atoms with van der Waals surface area (Å²) in [6.07, 6.45) is 2.37. The van der Waals surface area contributed by atoms with Crippen LogP contribution in [0.1, 0.15) is 25.3 Å². The molecule has 2 unspecified atom stereocenters. The minimum absolute atomic E-state index is 0.118. The average Bonchev–Trinajstić information content (AvgIpc) is 2.48. The van der Waals surface area contributed by atoms with Crippen LogP contribution in [-0.4, -0.2) is 49.8 Å². The molecule has 1 fully saturated rings. The van der Waals surface area contributed by atoms with Crippen LogP contribution in [0.2, 0.25) is 0 Å². The molecule has 2 atom stereocenters. The second kappa shape index (κ2) is 7.21. The molecule has 1 saturated heterocycles. The van der Waals surface area contributed by atoms with Crippen LogP contribution in [0, 0.1) is 5.92 Å². The lowest BCUT2D eigenvalue weighted by Crippen LogP contribution is -2.48. The highest BCUT2D eigenvalue weighted by Gasteiger charge is 2.30. The Morgan fingerprint density at radius 3 is 2.75 bits per heavy atom. The SMILES string of the molecule is CNCC(C)(CN1CCCC(CO)C1)c1ccccc1. The second-order valence-corrected chi connectivity index (χ2v) is 6.38. The standard InChI is InChI=1S/C17H28N2O/c1-17(13-18-2,16-8-4-3-5-9-16)14-19-10-6-7-15(11-19)12-20/h3-5,8-9,15,18,20H,6-7,10-14H2,1-2H3. The number of likely N-dealkylation sites (tertiary alicyclic amines) is 1.